The quantitative estimate of drug-likeness (QED) is 0.782. The fraction of sp³-hybridized carbons (Fsp3) is 0.200. The molecule has 86 valence electrons. The third-order valence-corrected chi connectivity index (χ3v) is 2.34. The number of rotatable bonds is 3. The summed E-state index contributed by atoms with van der Waals surface area (Å²) in [6.07, 6.45) is 4.52. The lowest BCUT2D eigenvalue weighted by Crippen LogP contribution is -2.06. The van der Waals surface area contributed by atoms with Gasteiger partial charge in [0.15, 0.2) is 0 Å². The monoisotopic (exact) mass is 229 g/mol. The van der Waals surface area contributed by atoms with Gasteiger partial charge < -0.3 is 11.1 Å². The number of nitrogens with zero attached hydrogens (tertiary/aromatic N) is 5. The van der Waals surface area contributed by atoms with E-state index in [-0.39, 0.29) is 0 Å². The van der Waals surface area contributed by atoms with Crippen LogP contribution in [0.15, 0.2) is 18.7 Å². The molecule has 0 spiro atoms. The SMILES string of the molecule is Cn1ncc(CNc2ncncc2C#N)c1N. The number of hydrogen-bond donors (Lipinski definition) is 2. The number of nitriles is 1. The predicted molar refractivity (Wildman–Crippen MR) is 61.7 cm³/mol. The van der Waals surface area contributed by atoms with Crippen molar-refractivity contribution in [2.24, 2.45) is 7.05 Å². The highest BCUT2D eigenvalue weighted by Crippen LogP contribution is 2.13. The van der Waals surface area contributed by atoms with Gasteiger partial charge >= 0.3 is 0 Å². The Morgan fingerprint density at radius 1 is 1.53 bits per heavy atom. The third-order valence-electron chi connectivity index (χ3n) is 2.34. The molecule has 0 radical (unpaired) electrons. The Labute approximate surface area is 97.9 Å². The van der Waals surface area contributed by atoms with Gasteiger partial charge in [-0.1, -0.05) is 0 Å². The maximum atomic E-state index is 8.86. The van der Waals surface area contributed by atoms with Crippen LogP contribution in [0.2, 0.25) is 0 Å². The molecule has 7 heteroatoms. The van der Waals surface area contributed by atoms with E-state index in [0.29, 0.717) is 23.7 Å². The van der Waals surface area contributed by atoms with E-state index >= 15 is 0 Å². The zero-order chi connectivity index (χ0) is 12.3. The number of nitrogens with one attached hydrogen (secondary N) is 1. The molecule has 0 aliphatic rings. The van der Waals surface area contributed by atoms with Crippen molar-refractivity contribution in [2.45, 2.75) is 6.54 Å². The van der Waals surface area contributed by atoms with Crippen molar-refractivity contribution < 1.29 is 0 Å². The molecule has 0 atom stereocenters. The topological polar surface area (TPSA) is 105 Å². The van der Waals surface area contributed by atoms with Crippen LogP contribution in [0.5, 0.6) is 0 Å². The van der Waals surface area contributed by atoms with Crippen LogP contribution in [0.1, 0.15) is 11.1 Å². The minimum absolute atomic E-state index is 0.398. The van der Waals surface area contributed by atoms with E-state index < -0.39 is 0 Å². The fourth-order valence-corrected chi connectivity index (χ4v) is 1.36. The molecule has 7 nitrogen and oxygen atoms in total. The van der Waals surface area contributed by atoms with Crippen molar-refractivity contribution in [3.63, 3.8) is 0 Å². The minimum Gasteiger partial charge on any atom is -0.384 e. The number of anilines is 2. The molecule has 2 heterocycles. The van der Waals surface area contributed by atoms with E-state index in [4.69, 9.17) is 11.0 Å². The molecular formula is C10H11N7. The Bertz CT molecular complexity index is 566. The van der Waals surface area contributed by atoms with E-state index in [9.17, 15) is 0 Å². The summed E-state index contributed by atoms with van der Waals surface area (Å²) in [5.74, 6) is 1.08. The average molecular weight is 229 g/mol. The Kier molecular flexibility index (Phi) is 2.87. The normalized spacial score (nSPS) is 9.88. The van der Waals surface area contributed by atoms with Gasteiger partial charge in [0.1, 0.15) is 29.6 Å². The van der Waals surface area contributed by atoms with Crippen LogP contribution in [0.3, 0.4) is 0 Å². The van der Waals surface area contributed by atoms with Gasteiger partial charge in [-0.05, 0) is 0 Å². The largest absolute Gasteiger partial charge is 0.384 e. The molecule has 0 aliphatic carbocycles. The molecule has 2 aromatic rings. The van der Waals surface area contributed by atoms with Gasteiger partial charge in [0, 0.05) is 19.2 Å². The first-order chi connectivity index (χ1) is 8.22. The second kappa shape index (κ2) is 4.49. The Hall–Kier alpha value is -2.62. The first-order valence-corrected chi connectivity index (χ1v) is 4.92. The Balaban J connectivity index is 2.13. The van der Waals surface area contributed by atoms with E-state index in [1.807, 2.05) is 6.07 Å². The van der Waals surface area contributed by atoms with Gasteiger partial charge in [0.2, 0.25) is 0 Å². The molecule has 0 saturated carbocycles. The molecule has 3 N–H and O–H groups in total. The average Bonchev–Trinajstić information content (AvgIpc) is 2.68. The van der Waals surface area contributed by atoms with E-state index in [2.05, 4.69) is 20.4 Å². The lowest BCUT2D eigenvalue weighted by Gasteiger charge is -2.05. The molecule has 0 aliphatic heterocycles. The van der Waals surface area contributed by atoms with Crippen molar-refractivity contribution in [3.05, 3.63) is 29.8 Å². The molecule has 0 bridgehead atoms. The summed E-state index contributed by atoms with van der Waals surface area (Å²) in [7, 11) is 1.77. The first-order valence-electron chi connectivity index (χ1n) is 4.92. The Morgan fingerprint density at radius 3 is 3.00 bits per heavy atom. The van der Waals surface area contributed by atoms with Crippen molar-refractivity contribution >= 4 is 11.6 Å². The van der Waals surface area contributed by atoms with E-state index in [1.54, 1.807) is 17.9 Å². The standard InChI is InChI=1S/C10H11N7/c1-17-9(12)8(5-16-17)4-14-10-7(2-11)3-13-6-15-10/h3,5-6H,4,12H2,1H3,(H,13,14,15). The van der Waals surface area contributed by atoms with Crippen LogP contribution in [0.4, 0.5) is 11.6 Å². The van der Waals surface area contributed by atoms with Crippen LogP contribution in [-0.2, 0) is 13.6 Å². The summed E-state index contributed by atoms with van der Waals surface area (Å²) in [4.78, 5) is 7.77. The lowest BCUT2D eigenvalue weighted by atomic mass is 10.3. The summed E-state index contributed by atoms with van der Waals surface area (Å²) in [5.41, 5.74) is 7.05. The maximum Gasteiger partial charge on any atom is 0.147 e. The van der Waals surface area contributed by atoms with E-state index in [0.717, 1.165) is 5.56 Å². The third kappa shape index (κ3) is 2.15. The summed E-state index contributed by atoms with van der Waals surface area (Å²) in [6, 6.07) is 2.01. The number of nitrogens with two attached hydrogens (primary N) is 1. The van der Waals surface area contributed by atoms with Crippen LogP contribution >= 0.6 is 0 Å². The van der Waals surface area contributed by atoms with Gasteiger partial charge in [-0.25, -0.2) is 9.97 Å². The van der Waals surface area contributed by atoms with Gasteiger partial charge in [0.25, 0.3) is 0 Å². The lowest BCUT2D eigenvalue weighted by molar-refractivity contribution is 0.778. The minimum atomic E-state index is 0.398. The van der Waals surface area contributed by atoms with Gasteiger partial charge in [-0.15, -0.1) is 0 Å². The van der Waals surface area contributed by atoms with E-state index in [1.165, 1.54) is 12.5 Å². The molecule has 17 heavy (non-hydrogen) atoms. The first kappa shape index (κ1) is 10.9. The smallest absolute Gasteiger partial charge is 0.147 e. The molecular weight excluding hydrogens is 218 g/mol. The van der Waals surface area contributed by atoms with Crippen molar-refractivity contribution in [1.29, 1.82) is 5.26 Å². The van der Waals surface area contributed by atoms with Crippen molar-refractivity contribution in [3.8, 4) is 6.07 Å². The van der Waals surface area contributed by atoms with Crippen LogP contribution in [0, 0.1) is 11.3 Å². The fourth-order valence-electron chi connectivity index (χ4n) is 1.36. The zero-order valence-corrected chi connectivity index (χ0v) is 9.25. The second-order valence-electron chi connectivity index (χ2n) is 3.43. The molecule has 2 aromatic heterocycles. The maximum absolute atomic E-state index is 8.86. The number of aryl methyl sites for hydroxylation is 1. The van der Waals surface area contributed by atoms with Crippen molar-refractivity contribution in [2.75, 3.05) is 11.1 Å². The predicted octanol–water partition coefficient (Wildman–Crippen LogP) is 0.276. The van der Waals surface area contributed by atoms with Crippen LogP contribution in [0.25, 0.3) is 0 Å². The second-order valence-corrected chi connectivity index (χ2v) is 3.43. The molecule has 0 saturated heterocycles. The van der Waals surface area contributed by atoms with Gasteiger partial charge in [-0.3, -0.25) is 4.68 Å². The summed E-state index contributed by atoms with van der Waals surface area (Å²) < 4.78 is 1.59. The Morgan fingerprint density at radius 2 is 2.35 bits per heavy atom. The molecule has 0 unspecified atom stereocenters. The molecule has 2 rings (SSSR count). The summed E-state index contributed by atoms with van der Waals surface area (Å²) >= 11 is 0. The van der Waals surface area contributed by atoms with Gasteiger partial charge in [0.05, 0.1) is 12.4 Å². The van der Waals surface area contributed by atoms with Gasteiger partial charge in [-0.2, -0.15) is 10.4 Å². The highest BCUT2D eigenvalue weighted by molar-refractivity contribution is 5.51. The number of aromatic nitrogens is 4. The van der Waals surface area contributed by atoms with Crippen LogP contribution in [-0.4, -0.2) is 19.7 Å². The zero-order valence-electron chi connectivity index (χ0n) is 9.25. The molecule has 0 aromatic carbocycles. The number of hydrogen-bond acceptors (Lipinski definition) is 6. The highest BCUT2D eigenvalue weighted by Gasteiger charge is 2.06. The van der Waals surface area contributed by atoms with Crippen LogP contribution < -0.4 is 11.1 Å². The highest BCUT2D eigenvalue weighted by atomic mass is 15.3. The summed E-state index contributed by atoms with van der Waals surface area (Å²) in [5, 5.41) is 15.9. The number of nitrogen functional groups attached to an aromatic ring is 1. The molecule has 0 amide bonds. The molecule has 0 fully saturated rings. The van der Waals surface area contributed by atoms with Crippen molar-refractivity contribution in [1.82, 2.24) is 19.7 Å². The summed E-state index contributed by atoms with van der Waals surface area (Å²) in [6.45, 7) is 0.464.